The zero-order valence-electron chi connectivity index (χ0n) is 18.6. The Morgan fingerprint density at radius 2 is 1.66 bits per heavy atom. The van der Waals surface area contributed by atoms with Crippen LogP contribution < -0.4 is 20.9 Å². The van der Waals surface area contributed by atoms with Crippen LogP contribution in [0.3, 0.4) is 0 Å². The molecule has 0 aliphatic heterocycles. The van der Waals surface area contributed by atoms with E-state index in [1.165, 1.54) is 19.3 Å². The molecule has 174 valence electrons. The van der Waals surface area contributed by atoms with E-state index in [0.717, 1.165) is 19.3 Å². The molecule has 0 spiro atoms. The van der Waals surface area contributed by atoms with Crippen molar-refractivity contribution >= 4 is 29.5 Å². The van der Waals surface area contributed by atoms with Crippen molar-refractivity contribution in [3.8, 4) is 5.75 Å². The average molecular weight is 460 g/mol. The quantitative estimate of drug-likeness (QED) is 0.494. The third-order valence-corrected chi connectivity index (χ3v) is 7.84. The van der Waals surface area contributed by atoms with Gasteiger partial charge in [0.25, 0.3) is 11.8 Å². The molecule has 1 aromatic carbocycles. The summed E-state index contributed by atoms with van der Waals surface area (Å²) >= 11 is 1.60. The van der Waals surface area contributed by atoms with E-state index in [9.17, 15) is 14.4 Å². The summed E-state index contributed by atoms with van der Waals surface area (Å²) in [6, 6.07) is 8.33. The Labute approximate surface area is 193 Å². The molecule has 3 N–H and O–H groups in total. The number of nitrogens with one attached hydrogen (secondary N) is 3. The summed E-state index contributed by atoms with van der Waals surface area (Å²) in [4.78, 5) is 38.2. The van der Waals surface area contributed by atoms with Gasteiger partial charge in [0.2, 0.25) is 5.91 Å². The summed E-state index contributed by atoms with van der Waals surface area (Å²) in [6.45, 7) is -0.174. The van der Waals surface area contributed by atoms with E-state index in [2.05, 4.69) is 16.2 Å². The molecule has 1 aromatic rings. The third kappa shape index (κ3) is 5.39. The van der Waals surface area contributed by atoms with Gasteiger partial charge in [0.15, 0.2) is 6.61 Å². The molecule has 0 heterocycles. The number of carbonyl (C=O) groups excluding carboxylic acids is 3. The molecule has 3 amide bonds. The number of carbonyl (C=O) groups is 3. The highest BCUT2D eigenvalue weighted by Gasteiger charge is 2.54. The third-order valence-electron chi connectivity index (χ3n) is 7.19. The fourth-order valence-electron chi connectivity index (χ4n) is 6.13. The van der Waals surface area contributed by atoms with Crippen molar-refractivity contribution in [3.63, 3.8) is 0 Å². The van der Waals surface area contributed by atoms with Gasteiger partial charge in [0, 0.05) is 0 Å². The van der Waals surface area contributed by atoms with Gasteiger partial charge in [-0.1, -0.05) is 18.2 Å². The van der Waals surface area contributed by atoms with Gasteiger partial charge in [-0.2, -0.15) is 11.8 Å². The Balaban J connectivity index is 1.28. The zero-order chi connectivity index (χ0) is 22.6. The van der Waals surface area contributed by atoms with Gasteiger partial charge in [-0.05, 0) is 86.8 Å². The Hall–Kier alpha value is -2.22. The Kier molecular flexibility index (Phi) is 7.28. The minimum Gasteiger partial charge on any atom is -0.484 e. The lowest BCUT2D eigenvalue weighted by molar-refractivity contribution is -0.149. The summed E-state index contributed by atoms with van der Waals surface area (Å²) in [6.07, 6.45) is 8.99. The molecule has 0 radical (unpaired) electrons. The first-order valence-corrected chi connectivity index (χ1v) is 12.9. The predicted molar refractivity (Wildman–Crippen MR) is 124 cm³/mol. The van der Waals surface area contributed by atoms with Crippen LogP contribution in [-0.4, -0.2) is 42.4 Å². The van der Waals surface area contributed by atoms with E-state index in [4.69, 9.17) is 4.74 Å². The normalized spacial score (nSPS) is 28.6. The summed E-state index contributed by atoms with van der Waals surface area (Å²) in [5, 5.41) is 2.74. The molecular formula is C24H33N3O4S. The van der Waals surface area contributed by atoms with E-state index >= 15 is 0 Å². The number of para-hydroxylation sites is 1. The molecule has 4 bridgehead atoms. The topological polar surface area (TPSA) is 96.5 Å². The number of amides is 3. The second-order valence-electron chi connectivity index (χ2n) is 9.64. The zero-order valence-corrected chi connectivity index (χ0v) is 19.4. The fourth-order valence-corrected chi connectivity index (χ4v) is 6.60. The molecule has 4 saturated carbocycles. The number of hydrogen-bond acceptors (Lipinski definition) is 5. The van der Waals surface area contributed by atoms with Crippen LogP contribution in [-0.2, 0) is 14.4 Å². The lowest BCUT2D eigenvalue weighted by Gasteiger charge is -2.55. The molecule has 0 aromatic heterocycles. The second-order valence-corrected chi connectivity index (χ2v) is 10.6. The van der Waals surface area contributed by atoms with Crippen molar-refractivity contribution in [1.29, 1.82) is 0 Å². The van der Waals surface area contributed by atoms with Crippen LogP contribution in [0.2, 0.25) is 0 Å². The fraction of sp³-hybridized carbons (Fsp3) is 0.625. The molecule has 4 fully saturated rings. The van der Waals surface area contributed by atoms with Crippen LogP contribution in [0.25, 0.3) is 0 Å². The molecule has 0 saturated heterocycles. The molecule has 4 aliphatic carbocycles. The van der Waals surface area contributed by atoms with Gasteiger partial charge in [0.05, 0.1) is 5.41 Å². The van der Waals surface area contributed by atoms with Crippen LogP contribution in [0.5, 0.6) is 5.75 Å². The molecule has 4 aliphatic rings. The van der Waals surface area contributed by atoms with Gasteiger partial charge in [-0.3, -0.25) is 25.2 Å². The maximum atomic E-state index is 13.1. The number of hydrogen-bond donors (Lipinski definition) is 3. The van der Waals surface area contributed by atoms with Crippen LogP contribution in [0, 0.1) is 23.2 Å². The van der Waals surface area contributed by atoms with Crippen LogP contribution >= 0.6 is 11.8 Å². The van der Waals surface area contributed by atoms with E-state index in [0.29, 0.717) is 35.7 Å². The maximum absolute atomic E-state index is 13.1. The number of thioether (sulfide) groups is 1. The lowest BCUT2D eigenvalue weighted by atomic mass is 9.49. The highest BCUT2D eigenvalue weighted by molar-refractivity contribution is 7.98. The molecule has 7 nitrogen and oxygen atoms in total. The molecule has 8 heteroatoms. The minimum absolute atomic E-state index is 0.0627. The van der Waals surface area contributed by atoms with E-state index in [1.807, 2.05) is 24.5 Å². The summed E-state index contributed by atoms with van der Waals surface area (Å²) < 4.78 is 5.47. The van der Waals surface area contributed by atoms with E-state index in [1.54, 1.807) is 23.9 Å². The van der Waals surface area contributed by atoms with Gasteiger partial charge in [-0.25, -0.2) is 0 Å². The number of rotatable bonds is 9. The van der Waals surface area contributed by atoms with Gasteiger partial charge < -0.3 is 10.1 Å². The number of ether oxygens (including phenoxy) is 1. The summed E-state index contributed by atoms with van der Waals surface area (Å²) in [5.41, 5.74) is 4.96. The first-order chi connectivity index (χ1) is 15.5. The lowest BCUT2D eigenvalue weighted by Crippen LogP contribution is -2.59. The van der Waals surface area contributed by atoms with Crippen molar-refractivity contribution in [3.05, 3.63) is 30.3 Å². The van der Waals surface area contributed by atoms with Crippen molar-refractivity contribution in [2.24, 2.45) is 23.2 Å². The smallest absolute Gasteiger partial charge is 0.260 e. The molecule has 5 rings (SSSR count). The molecular weight excluding hydrogens is 426 g/mol. The predicted octanol–water partition coefficient (Wildman–Crippen LogP) is 2.67. The van der Waals surface area contributed by atoms with E-state index < -0.39 is 11.9 Å². The number of hydrazine groups is 1. The largest absolute Gasteiger partial charge is 0.484 e. The Bertz CT molecular complexity index is 797. The highest BCUT2D eigenvalue weighted by atomic mass is 32.2. The average Bonchev–Trinajstić information content (AvgIpc) is 2.78. The summed E-state index contributed by atoms with van der Waals surface area (Å²) in [5.74, 6) is 2.43. The van der Waals surface area contributed by atoms with Crippen molar-refractivity contribution in [1.82, 2.24) is 16.2 Å². The monoisotopic (exact) mass is 459 g/mol. The standard InChI is InChI=1S/C24H33N3O4S/c1-32-8-7-20(25-21(28)15-31-19-5-3-2-4-6-19)22(29)26-27-23(30)24-12-16-9-17(13-24)11-18(10-16)14-24/h2-6,16-18,20H,7-15H2,1H3,(H,25,28)(H,26,29)(H,27,30). The van der Waals surface area contributed by atoms with Gasteiger partial charge in [0.1, 0.15) is 11.8 Å². The van der Waals surface area contributed by atoms with Crippen LogP contribution in [0.1, 0.15) is 44.9 Å². The van der Waals surface area contributed by atoms with Crippen molar-refractivity contribution in [2.75, 3.05) is 18.6 Å². The Morgan fingerprint density at radius 1 is 1.03 bits per heavy atom. The van der Waals surface area contributed by atoms with Crippen LogP contribution in [0.15, 0.2) is 30.3 Å². The minimum atomic E-state index is -0.731. The van der Waals surface area contributed by atoms with E-state index in [-0.39, 0.29) is 23.8 Å². The first-order valence-electron chi connectivity index (χ1n) is 11.5. The van der Waals surface area contributed by atoms with Gasteiger partial charge >= 0.3 is 0 Å². The highest BCUT2D eigenvalue weighted by Crippen LogP contribution is 2.60. The summed E-state index contributed by atoms with van der Waals surface area (Å²) in [7, 11) is 0. The second kappa shape index (κ2) is 10.1. The SMILES string of the molecule is CSCCC(NC(=O)COc1ccccc1)C(=O)NNC(=O)C12CC3CC(CC(C3)C1)C2. The molecule has 1 unspecified atom stereocenters. The van der Waals surface area contributed by atoms with Crippen molar-refractivity contribution in [2.45, 2.75) is 51.0 Å². The van der Waals surface area contributed by atoms with Crippen LogP contribution in [0.4, 0.5) is 0 Å². The van der Waals surface area contributed by atoms with Crippen molar-refractivity contribution < 1.29 is 19.1 Å². The molecule has 32 heavy (non-hydrogen) atoms. The first kappa shape index (κ1) is 23.0. The molecule has 1 atom stereocenters. The Morgan fingerprint density at radius 3 is 2.25 bits per heavy atom. The maximum Gasteiger partial charge on any atom is 0.260 e. The number of benzene rings is 1. The van der Waals surface area contributed by atoms with Gasteiger partial charge in [-0.15, -0.1) is 0 Å².